The molecule has 0 saturated carbocycles. The smallest absolute Gasteiger partial charge is 0.144 e. The van der Waals surface area contributed by atoms with Gasteiger partial charge in [0.25, 0.3) is 0 Å². The number of hydrogen-bond donors (Lipinski definition) is 1. The van der Waals surface area contributed by atoms with E-state index in [1.54, 1.807) is 19.9 Å². The average molecular weight is 209 g/mol. The van der Waals surface area contributed by atoms with Gasteiger partial charge in [-0.25, -0.2) is 4.39 Å². The number of benzene rings is 1. The van der Waals surface area contributed by atoms with Crippen LogP contribution in [0.3, 0.4) is 0 Å². The lowest BCUT2D eigenvalue weighted by Gasteiger charge is -2.17. The quantitative estimate of drug-likeness (QED) is 0.826. The summed E-state index contributed by atoms with van der Waals surface area (Å²) >= 11 is 0. The Balaban J connectivity index is 2.96. The highest BCUT2D eigenvalue weighted by Crippen LogP contribution is 2.22. The van der Waals surface area contributed by atoms with E-state index in [2.05, 4.69) is 0 Å². The molecule has 0 radical (unpaired) electrons. The topological polar surface area (TPSA) is 53.2 Å². The third-order valence-corrected chi connectivity index (χ3v) is 2.08. The molecule has 0 saturated heterocycles. The van der Waals surface area contributed by atoms with Gasteiger partial charge in [-0.15, -0.1) is 0 Å². The maximum absolute atomic E-state index is 13.1. The van der Waals surface area contributed by atoms with E-state index in [1.807, 2.05) is 0 Å². The Kier molecular flexibility index (Phi) is 3.64. The number of hydrogen-bond acceptors (Lipinski definition) is 3. The van der Waals surface area contributed by atoms with Crippen LogP contribution in [-0.4, -0.2) is 17.3 Å². The summed E-state index contributed by atoms with van der Waals surface area (Å²) in [5, 5.41) is 17.9. The summed E-state index contributed by atoms with van der Waals surface area (Å²) in [5.41, 5.74) is -0.134. The largest absolute Gasteiger partial charge is 0.487 e. The molecule has 1 N–H and O–H groups in total. The van der Waals surface area contributed by atoms with E-state index in [0.29, 0.717) is 0 Å². The highest BCUT2D eigenvalue weighted by atomic mass is 19.1. The number of rotatable bonds is 3. The molecule has 1 aromatic rings. The maximum atomic E-state index is 13.1. The lowest BCUT2D eigenvalue weighted by atomic mass is 10.2. The number of nitrogens with zero attached hydrogens (tertiary/aromatic N) is 1. The van der Waals surface area contributed by atoms with Crippen molar-refractivity contribution in [2.75, 3.05) is 0 Å². The molecular weight excluding hydrogens is 197 g/mol. The van der Waals surface area contributed by atoms with Crippen molar-refractivity contribution < 1.29 is 14.2 Å². The van der Waals surface area contributed by atoms with Gasteiger partial charge in [-0.3, -0.25) is 0 Å². The third kappa shape index (κ3) is 2.67. The van der Waals surface area contributed by atoms with E-state index in [9.17, 15) is 9.50 Å². The maximum Gasteiger partial charge on any atom is 0.144 e. The van der Waals surface area contributed by atoms with Crippen LogP contribution in [0.1, 0.15) is 19.4 Å². The Labute approximate surface area is 87.7 Å². The normalized spacial score (nSPS) is 14.1. The van der Waals surface area contributed by atoms with Crippen molar-refractivity contribution in [1.29, 1.82) is 5.26 Å². The van der Waals surface area contributed by atoms with Gasteiger partial charge in [0.15, 0.2) is 0 Å². The minimum atomic E-state index is -0.681. The SMILES string of the molecule is CC(O)C(C)Oc1cccc(F)c1C#N. The lowest BCUT2D eigenvalue weighted by molar-refractivity contribution is 0.0600. The van der Waals surface area contributed by atoms with Gasteiger partial charge < -0.3 is 9.84 Å². The van der Waals surface area contributed by atoms with Crippen LogP contribution in [-0.2, 0) is 0 Å². The van der Waals surface area contributed by atoms with E-state index in [1.165, 1.54) is 18.2 Å². The van der Waals surface area contributed by atoms with Crippen molar-refractivity contribution in [1.82, 2.24) is 0 Å². The van der Waals surface area contributed by atoms with Crippen molar-refractivity contribution in [2.24, 2.45) is 0 Å². The number of ether oxygens (including phenoxy) is 1. The molecule has 0 aliphatic heterocycles. The highest BCUT2D eigenvalue weighted by Gasteiger charge is 2.14. The van der Waals surface area contributed by atoms with Crippen molar-refractivity contribution in [3.8, 4) is 11.8 Å². The van der Waals surface area contributed by atoms with Gasteiger partial charge in [0, 0.05) is 0 Å². The Hall–Kier alpha value is -1.60. The summed E-state index contributed by atoms with van der Waals surface area (Å²) in [6.07, 6.45) is -1.17. The van der Waals surface area contributed by atoms with Gasteiger partial charge in [0.05, 0.1) is 6.10 Å². The van der Waals surface area contributed by atoms with Gasteiger partial charge in [-0.2, -0.15) is 5.26 Å². The molecule has 1 rings (SSSR count). The second-order valence-corrected chi connectivity index (χ2v) is 3.29. The van der Waals surface area contributed by atoms with Gasteiger partial charge in [0.1, 0.15) is 29.3 Å². The molecule has 0 aliphatic rings. The van der Waals surface area contributed by atoms with Crippen LogP contribution < -0.4 is 4.74 Å². The lowest BCUT2D eigenvalue weighted by Crippen LogP contribution is -2.26. The summed E-state index contributed by atoms with van der Waals surface area (Å²) in [5.74, 6) is -0.460. The molecular formula is C11H12FNO2. The van der Waals surface area contributed by atoms with Crippen LogP contribution in [0, 0.1) is 17.1 Å². The third-order valence-electron chi connectivity index (χ3n) is 2.08. The van der Waals surface area contributed by atoms with Crippen molar-refractivity contribution >= 4 is 0 Å². The highest BCUT2D eigenvalue weighted by molar-refractivity contribution is 5.43. The second-order valence-electron chi connectivity index (χ2n) is 3.29. The first-order chi connectivity index (χ1) is 7.06. The fourth-order valence-electron chi connectivity index (χ4n) is 1.01. The van der Waals surface area contributed by atoms with Crippen LogP contribution in [0.4, 0.5) is 4.39 Å². The van der Waals surface area contributed by atoms with Crippen molar-refractivity contribution in [2.45, 2.75) is 26.1 Å². The first-order valence-corrected chi connectivity index (χ1v) is 4.59. The monoisotopic (exact) mass is 209 g/mol. The number of aliphatic hydroxyl groups excluding tert-OH is 1. The summed E-state index contributed by atoms with van der Waals surface area (Å²) in [6.45, 7) is 3.22. The van der Waals surface area contributed by atoms with Crippen LogP contribution in [0.25, 0.3) is 0 Å². The second kappa shape index (κ2) is 4.76. The number of halogens is 1. The minimum Gasteiger partial charge on any atom is -0.487 e. The van der Waals surface area contributed by atoms with E-state index in [-0.39, 0.29) is 11.3 Å². The Morgan fingerprint density at radius 2 is 2.13 bits per heavy atom. The molecule has 0 aliphatic carbocycles. The molecule has 0 amide bonds. The molecule has 4 heteroatoms. The molecule has 0 bridgehead atoms. The molecule has 0 aromatic heterocycles. The Morgan fingerprint density at radius 1 is 1.47 bits per heavy atom. The first kappa shape index (κ1) is 11.5. The molecule has 80 valence electrons. The van der Waals surface area contributed by atoms with Crippen LogP contribution in [0.2, 0.25) is 0 Å². The molecule has 15 heavy (non-hydrogen) atoms. The molecule has 0 heterocycles. The summed E-state index contributed by atoms with van der Waals surface area (Å²) in [6, 6.07) is 5.88. The molecule has 2 atom stereocenters. The Bertz CT molecular complexity index is 385. The van der Waals surface area contributed by atoms with E-state index >= 15 is 0 Å². The van der Waals surface area contributed by atoms with Gasteiger partial charge in [-0.05, 0) is 26.0 Å². The predicted octanol–water partition coefficient (Wildman–Crippen LogP) is 1.85. The average Bonchev–Trinajstić information content (AvgIpc) is 2.18. The van der Waals surface area contributed by atoms with Crippen molar-refractivity contribution in [3.05, 3.63) is 29.6 Å². The van der Waals surface area contributed by atoms with Crippen molar-refractivity contribution in [3.63, 3.8) is 0 Å². The van der Waals surface area contributed by atoms with Gasteiger partial charge in [-0.1, -0.05) is 6.07 Å². The van der Waals surface area contributed by atoms with E-state index in [4.69, 9.17) is 10.00 Å². The van der Waals surface area contributed by atoms with Gasteiger partial charge in [0.2, 0.25) is 0 Å². The summed E-state index contributed by atoms with van der Waals surface area (Å²) in [4.78, 5) is 0. The van der Waals surface area contributed by atoms with E-state index in [0.717, 1.165) is 0 Å². The fourth-order valence-corrected chi connectivity index (χ4v) is 1.01. The fraction of sp³-hybridized carbons (Fsp3) is 0.364. The van der Waals surface area contributed by atoms with Crippen LogP contribution in [0.15, 0.2) is 18.2 Å². The molecule has 3 nitrogen and oxygen atoms in total. The predicted molar refractivity (Wildman–Crippen MR) is 52.9 cm³/mol. The molecule has 1 aromatic carbocycles. The molecule has 0 spiro atoms. The standard InChI is InChI=1S/C11H12FNO2/c1-7(14)8(2)15-11-5-3-4-10(12)9(11)6-13/h3-5,7-8,14H,1-2H3. The summed E-state index contributed by atoms with van der Waals surface area (Å²) < 4.78 is 18.4. The zero-order valence-electron chi connectivity index (χ0n) is 8.57. The molecule has 0 fully saturated rings. The first-order valence-electron chi connectivity index (χ1n) is 4.59. The number of aliphatic hydroxyl groups is 1. The van der Waals surface area contributed by atoms with Gasteiger partial charge >= 0.3 is 0 Å². The van der Waals surface area contributed by atoms with E-state index < -0.39 is 18.0 Å². The minimum absolute atomic E-state index is 0.134. The number of nitriles is 1. The zero-order chi connectivity index (χ0) is 11.4. The zero-order valence-corrected chi connectivity index (χ0v) is 8.57. The van der Waals surface area contributed by atoms with Crippen LogP contribution >= 0.6 is 0 Å². The molecule has 2 unspecified atom stereocenters. The summed E-state index contributed by atoms with van der Waals surface area (Å²) in [7, 11) is 0. The van der Waals surface area contributed by atoms with Crippen LogP contribution in [0.5, 0.6) is 5.75 Å². The Morgan fingerprint density at radius 3 is 2.67 bits per heavy atom.